The molecule has 0 aromatic carbocycles. The Hall–Kier alpha value is -1.62. The van der Waals surface area contributed by atoms with E-state index in [1.807, 2.05) is 24.4 Å². The van der Waals surface area contributed by atoms with Crippen LogP contribution in [0, 0.1) is 20.8 Å². The summed E-state index contributed by atoms with van der Waals surface area (Å²) in [6.45, 7) is 7.99. The second kappa shape index (κ2) is 4.94. The van der Waals surface area contributed by atoms with E-state index in [0.29, 0.717) is 0 Å². The van der Waals surface area contributed by atoms with Crippen LogP contribution in [0.4, 0.5) is 5.82 Å². The van der Waals surface area contributed by atoms with Crippen LogP contribution in [0.1, 0.15) is 17.0 Å². The van der Waals surface area contributed by atoms with Crippen LogP contribution < -0.4 is 5.32 Å². The first-order chi connectivity index (χ1) is 8.49. The van der Waals surface area contributed by atoms with Crippen LogP contribution >= 0.6 is 0 Å². The van der Waals surface area contributed by atoms with E-state index < -0.39 is 0 Å². The zero-order valence-electron chi connectivity index (χ0n) is 11.8. The molecule has 1 N–H and O–H groups in total. The van der Waals surface area contributed by atoms with Crippen LogP contribution in [-0.2, 0) is 0 Å². The van der Waals surface area contributed by atoms with E-state index in [1.54, 1.807) is 0 Å². The summed E-state index contributed by atoms with van der Waals surface area (Å²) in [5, 5.41) is 7.95. The van der Waals surface area contributed by atoms with Crippen molar-refractivity contribution in [3.63, 3.8) is 0 Å². The maximum atomic E-state index is 4.55. The summed E-state index contributed by atoms with van der Waals surface area (Å²) < 4.78 is 1.90. The molecular formula is C13H21N5. The number of hydrogen-bond donors (Lipinski definition) is 1. The number of fused-ring (bicyclic) bond motifs is 1. The van der Waals surface area contributed by atoms with E-state index in [4.69, 9.17) is 0 Å². The van der Waals surface area contributed by atoms with Gasteiger partial charge in [-0.15, -0.1) is 0 Å². The Morgan fingerprint density at radius 1 is 1.28 bits per heavy atom. The minimum Gasteiger partial charge on any atom is -0.368 e. The molecule has 0 aliphatic carbocycles. The van der Waals surface area contributed by atoms with Crippen molar-refractivity contribution in [2.45, 2.75) is 20.8 Å². The molecule has 0 saturated carbocycles. The summed E-state index contributed by atoms with van der Waals surface area (Å²) in [6.07, 6.45) is 0. The van der Waals surface area contributed by atoms with Crippen molar-refractivity contribution in [1.82, 2.24) is 19.5 Å². The van der Waals surface area contributed by atoms with E-state index in [0.717, 1.165) is 41.5 Å². The summed E-state index contributed by atoms with van der Waals surface area (Å²) in [5.41, 5.74) is 4.10. The monoisotopic (exact) mass is 247 g/mol. The number of anilines is 1. The van der Waals surface area contributed by atoms with Crippen molar-refractivity contribution in [2.24, 2.45) is 0 Å². The Kier molecular flexibility index (Phi) is 3.52. The van der Waals surface area contributed by atoms with Gasteiger partial charge in [0, 0.05) is 30.4 Å². The van der Waals surface area contributed by atoms with Crippen molar-refractivity contribution in [1.29, 1.82) is 0 Å². The van der Waals surface area contributed by atoms with Gasteiger partial charge in [-0.3, -0.25) is 0 Å². The molecule has 0 saturated heterocycles. The number of nitrogens with zero attached hydrogens (tertiary/aromatic N) is 4. The molecule has 18 heavy (non-hydrogen) atoms. The molecule has 0 radical (unpaired) electrons. The molecule has 0 aliphatic heterocycles. The van der Waals surface area contributed by atoms with E-state index in [1.165, 1.54) is 0 Å². The maximum absolute atomic E-state index is 4.55. The Morgan fingerprint density at radius 3 is 2.67 bits per heavy atom. The highest BCUT2D eigenvalue weighted by molar-refractivity contribution is 5.55. The minimum absolute atomic E-state index is 0.894. The van der Waals surface area contributed by atoms with Gasteiger partial charge in [0.05, 0.1) is 5.69 Å². The first-order valence-electron chi connectivity index (χ1n) is 6.21. The third-order valence-electron chi connectivity index (χ3n) is 3.06. The summed E-state index contributed by atoms with van der Waals surface area (Å²) >= 11 is 0. The average molecular weight is 247 g/mol. The molecular weight excluding hydrogens is 226 g/mol. The third-order valence-corrected chi connectivity index (χ3v) is 3.06. The zero-order chi connectivity index (χ0) is 13.3. The molecule has 2 rings (SSSR count). The molecule has 98 valence electrons. The van der Waals surface area contributed by atoms with Gasteiger partial charge < -0.3 is 10.2 Å². The lowest BCUT2D eigenvalue weighted by molar-refractivity contribution is 0.425. The van der Waals surface area contributed by atoms with Gasteiger partial charge in [-0.2, -0.15) is 9.61 Å². The van der Waals surface area contributed by atoms with Gasteiger partial charge in [-0.05, 0) is 34.9 Å². The molecule has 0 fully saturated rings. The quantitative estimate of drug-likeness (QED) is 0.892. The molecule has 5 nitrogen and oxygen atoms in total. The fourth-order valence-corrected chi connectivity index (χ4v) is 1.92. The summed E-state index contributed by atoms with van der Waals surface area (Å²) in [7, 11) is 4.14. The molecule has 2 aromatic rings. The standard InChI is InChI=1S/C13H21N5/c1-9-8-12-15-11(3)10(2)13(18(12)16-9)14-6-7-17(4)5/h8,14H,6-7H2,1-5H3. The van der Waals surface area contributed by atoms with Gasteiger partial charge in [-0.25, -0.2) is 4.98 Å². The van der Waals surface area contributed by atoms with Crippen LogP contribution in [0.3, 0.4) is 0 Å². The molecule has 2 heterocycles. The maximum Gasteiger partial charge on any atom is 0.157 e. The molecule has 0 spiro atoms. The first-order valence-corrected chi connectivity index (χ1v) is 6.21. The molecule has 0 amide bonds. The number of nitrogens with one attached hydrogen (secondary N) is 1. The van der Waals surface area contributed by atoms with Gasteiger partial charge in [0.25, 0.3) is 0 Å². The highest BCUT2D eigenvalue weighted by Crippen LogP contribution is 2.19. The Morgan fingerprint density at radius 2 is 2.00 bits per heavy atom. The zero-order valence-corrected chi connectivity index (χ0v) is 11.8. The predicted molar refractivity (Wildman–Crippen MR) is 74.2 cm³/mol. The van der Waals surface area contributed by atoms with Crippen molar-refractivity contribution >= 4 is 11.5 Å². The fourth-order valence-electron chi connectivity index (χ4n) is 1.92. The normalized spacial score (nSPS) is 11.4. The summed E-state index contributed by atoms with van der Waals surface area (Å²) in [4.78, 5) is 6.70. The van der Waals surface area contributed by atoms with E-state index >= 15 is 0 Å². The summed E-state index contributed by atoms with van der Waals surface area (Å²) in [6, 6.07) is 2.00. The topological polar surface area (TPSA) is 45.5 Å². The number of likely N-dealkylation sites (N-methyl/N-ethyl adjacent to an activating group) is 1. The first kappa shape index (κ1) is 12.8. The lowest BCUT2D eigenvalue weighted by Crippen LogP contribution is -2.22. The van der Waals surface area contributed by atoms with Gasteiger partial charge in [-0.1, -0.05) is 0 Å². The predicted octanol–water partition coefficient (Wildman–Crippen LogP) is 1.63. The van der Waals surface area contributed by atoms with E-state index in [2.05, 4.69) is 41.3 Å². The highest BCUT2D eigenvalue weighted by atomic mass is 15.3. The Labute approximate surface area is 108 Å². The average Bonchev–Trinajstić information content (AvgIpc) is 2.63. The molecule has 0 aliphatic rings. The minimum atomic E-state index is 0.894. The number of hydrogen-bond acceptors (Lipinski definition) is 4. The van der Waals surface area contributed by atoms with Gasteiger partial charge in [0.1, 0.15) is 5.82 Å². The summed E-state index contributed by atoms with van der Waals surface area (Å²) in [5.74, 6) is 1.05. The van der Waals surface area contributed by atoms with Gasteiger partial charge >= 0.3 is 0 Å². The van der Waals surface area contributed by atoms with E-state index in [-0.39, 0.29) is 0 Å². The second-order valence-corrected chi connectivity index (χ2v) is 4.96. The van der Waals surface area contributed by atoms with Crippen molar-refractivity contribution in [3.8, 4) is 0 Å². The SMILES string of the molecule is Cc1cc2nc(C)c(C)c(NCCN(C)C)n2n1. The van der Waals surface area contributed by atoms with Crippen LogP contribution in [0.2, 0.25) is 0 Å². The van der Waals surface area contributed by atoms with Gasteiger partial charge in [0.2, 0.25) is 0 Å². The van der Waals surface area contributed by atoms with Crippen molar-refractivity contribution < 1.29 is 0 Å². The third kappa shape index (κ3) is 2.46. The Bertz CT molecular complexity index is 556. The fraction of sp³-hybridized carbons (Fsp3) is 0.538. The molecule has 0 atom stereocenters. The van der Waals surface area contributed by atoms with Crippen LogP contribution in [0.25, 0.3) is 5.65 Å². The van der Waals surface area contributed by atoms with Crippen LogP contribution in [-0.4, -0.2) is 46.7 Å². The molecule has 5 heteroatoms. The Balaban J connectivity index is 2.37. The largest absolute Gasteiger partial charge is 0.368 e. The second-order valence-electron chi connectivity index (χ2n) is 4.96. The highest BCUT2D eigenvalue weighted by Gasteiger charge is 2.10. The number of aromatic nitrogens is 3. The van der Waals surface area contributed by atoms with Gasteiger partial charge in [0.15, 0.2) is 5.65 Å². The molecule has 0 bridgehead atoms. The lowest BCUT2D eigenvalue weighted by Gasteiger charge is -2.15. The smallest absolute Gasteiger partial charge is 0.157 e. The molecule has 0 unspecified atom stereocenters. The van der Waals surface area contributed by atoms with Crippen LogP contribution in [0.5, 0.6) is 0 Å². The number of rotatable bonds is 4. The van der Waals surface area contributed by atoms with Crippen LogP contribution in [0.15, 0.2) is 6.07 Å². The van der Waals surface area contributed by atoms with E-state index in [9.17, 15) is 0 Å². The van der Waals surface area contributed by atoms with Crippen molar-refractivity contribution in [3.05, 3.63) is 23.0 Å². The number of aryl methyl sites for hydroxylation is 2. The molecule has 2 aromatic heterocycles. The van der Waals surface area contributed by atoms with Crippen molar-refractivity contribution in [2.75, 3.05) is 32.5 Å². The lowest BCUT2D eigenvalue weighted by atomic mass is 10.2.